The van der Waals surface area contributed by atoms with Crippen molar-refractivity contribution in [3.05, 3.63) is 62.0 Å². The highest BCUT2D eigenvalue weighted by molar-refractivity contribution is 9.11. The van der Waals surface area contributed by atoms with Gasteiger partial charge in [-0.25, -0.2) is 0 Å². The van der Waals surface area contributed by atoms with Gasteiger partial charge in [0.15, 0.2) is 0 Å². The summed E-state index contributed by atoms with van der Waals surface area (Å²) in [5.41, 5.74) is 2.03. The zero-order valence-electron chi connectivity index (χ0n) is 12.8. The molecule has 0 saturated heterocycles. The Morgan fingerprint density at radius 3 is 2.54 bits per heavy atom. The Balaban J connectivity index is 2.27. The Morgan fingerprint density at radius 2 is 1.96 bits per heavy atom. The number of anilines is 1. The lowest BCUT2D eigenvalue weighted by atomic mass is 10.1. The lowest BCUT2D eigenvalue weighted by Crippen LogP contribution is -2.13. The molecule has 0 radical (unpaired) electrons. The van der Waals surface area contributed by atoms with Crippen molar-refractivity contribution in [2.75, 3.05) is 5.32 Å². The average Bonchev–Trinajstić information content (AvgIpc) is 2.57. The zero-order valence-corrected chi connectivity index (χ0v) is 16.0. The van der Waals surface area contributed by atoms with Crippen molar-refractivity contribution in [2.24, 2.45) is 0 Å². The topological polar surface area (TPSA) is 73.1 Å². The summed E-state index contributed by atoms with van der Waals surface area (Å²) < 4.78 is 1.18. The van der Waals surface area contributed by atoms with Gasteiger partial charge in [-0.05, 0) is 58.3 Å². The molecule has 0 bridgehead atoms. The van der Waals surface area contributed by atoms with Crippen molar-refractivity contribution >= 4 is 49.5 Å². The van der Waals surface area contributed by atoms with Crippen LogP contribution in [0.3, 0.4) is 0 Å². The minimum Gasteiger partial charge on any atom is -0.506 e. The summed E-state index contributed by atoms with van der Waals surface area (Å²) in [6.45, 7) is 2.05. The van der Waals surface area contributed by atoms with Crippen LogP contribution in [0.4, 0.5) is 5.69 Å². The van der Waals surface area contributed by atoms with Crippen molar-refractivity contribution in [2.45, 2.75) is 13.3 Å². The molecule has 2 N–H and O–H groups in total. The fourth-order valence-electron chi connectivity index (χ4n) is 2.02. The highest BCUT2D eigenvalue weighted by Crippen LogP contribution is 2.33. The number of hydrogen-bond donors (Lipinski definition) is 2. The first-order chi connectivity index (χ1) is 11.4. The third kappa shape index (κ3) is 4.47. The first-order valence-corrected chi connectivity index (χ1v) is 8.73. The molecule has 0 spiro atoms. The van der Waals surface area contributed by atoms with Gasteiger partial charge in [0.2, 0.25) is 0 Å². The Hall–Kier alpha value is -2.10. The highest BCUT2D eigenvalue weighted by atomic mass is 79.9. The monoisotopic (exact) mass is 448 g/mol. The quantitative estimate of drug-likeness (QED) is 0.508. The lowest BCUT2D eigenvalue weighted by Gasteiger charge is -2.07. The molecule has 2 rings (SSSR count). The maximum Gasteiger partial charge on any atom is 0.266 e. The fourth-order valence-corrected chi connectivity index (χ4v) is 3.28. The normalized spacial score (nSPS) is 11.0. The number of nitrogens with one attached hydrogen (secondary N) is 1. The van der Waals surface area contributed by atoms with Crippen LogP contribution in [0.1, 0.15) is 18.1 Å². The van der Waals surface area contributed by atoms with Crippen LogP contribution in [-0.2, 0) is 11.2 Å². The van der Waals surface area contributed by atoms with Gasteiger partial charge in [-0.2, -0.15) is 5.26 Å². The molecule has 0 heterocycles. The Labute approximate surface area is 157 Å². The molecule has 0 aliphatic rings. The van der Waals surface area contributed by atoms with E-state index in [0.717, 1.165) is 12.0 Å². The summed E-state index contributed by atoms with van der Waals surface area (Å²) in [7, 11) is 0. The van der Waals surface area contributed by atoms with E-state index in [4.69, 9.17) is 0 Å². The van der Waals surface area contributed by atoms with Crippen molar-refractivity contribution in [3.8, 4) is 11.8 Å². The number of carbonyl (C=O) groups excluding carboxylic acids is 1. The van der Waals surface area contributed by atoms with E-state index in [9.17, 15) is 15.2 Å². The van der Waals surface area contributed by atoms with E-state index in [1.165, 1.54) is 6.08 Å². The van der Waals surface area contributed by atoms with Crippen LogP contribution < -0.4 is 5.32 Å². The molecule has 0 unspecified atom stereocenters. The number of hydrogen-bond acceptors (Lipinski definition) is 3. The van der Waals surface area contributed by atoms with E-state index in [1.54, 1.807) is 24.3 Å². The maximum atomic E-state index is 12.3. The average molecular weight is 450 g/mol. The minimum absolute atomic E-state index is 0.0361. The van der Waals surface area contributed by atoms with Gasteiger partial charge in [0.05, 0.1) is 4.47 Å². The van der Waals surface area contributed by atoms with Crippen molar-refractivity contribution in [3.63, 3.8) is 0 Å². The van der Waals surface area contributed by atoms with Crippen LogP contribution in [0.15, 0.2) is 50.9 Å². The van der Waals surface area contributed by atoms with Crippen LogP contribution in [0.5, 0.6) is 5.75 Å². The Bertz CT molecular complexity index is 837. The molecule has 0 aromatic heterocycles. The van der Waals surface area contributed by atoms with Gasteiger partial charge in [0, 0.05) is 15.7 Å². The molecule has 2 aromatic carbocycles. The van der Waals surface area contributed by atoms with Gasteiger partial charge in [-0.15, -0.1) is 0 Å². The lowest BCUT2D eigenvalue weighted by molar-refractivity contribution is -0.112. The van der Waals surface area contributed by atoms with Gasteiger partial charge in [0.1, 0.15) is 17.4 Å². The van der Waals surface area contributed by atoms with Crippen LogP contribution in [0.25, 0.3) is 6.08 Å². The van der Waals surface area contributed by atoms with Crippen molar-refractivity contribution in [1.29, 1.82) is 5.26 Å². The molecule has 122 valence electrons. The SMILES string of the molecule is CCc1ccc(NC(=O)/C(C#N)=C\c2cc(Br)cc(Br)c2O)cc1. The molecule has 6 heteroatoms. The first kappa shape index (κ1) is 18.2. The molecule has 0 atom stereocenters. The largest absolute Gasteiger partial charge is 0.506 e. The summed E-state index contributed by atoms with van der Waals surface area (Å²) in [5, 5.41) is 22.0. The van der Waals surface area contributed by atoms with Gasteiger partial charge in [-0.1, -0.05) is 35.0 Å². The molecule has 24 heavy (non-hydrogen) atoms. The summed E-state index contributed by atoms with van der Waals surface area (Å²) in [4.78, 5) is 12.3. The highest BCUT2D eigenvalue weighted by Gasteiger charge is 2.12. The maximum absolute atomic E-state index is 12.3. The number of rotatable bonds is 4. The molecule has 0 saturated carbocycles. The van der Waals surface area contributed by atoms with E-state index in [2.05, 4.69) is 37.2 Å². The summed E-state index contributed by atoms with van der Waals surface area (Å²) in [6, 6.07) is 12.6. The van der Waals surface area contributed by atoms with Crippen LogP contribution in [0.2, 0.25) is 0 Å². The van der Waals surface area contributed by atoms with Gasteiger partial charge in [0.25, 0.3) is 5.91 Å². The number of nitriles is 1. The first-order valence-electron chi connectivity index (χ1n) is 7.14. The molecule has 4 nitrogen and oxygen atoms in total. The number of phenolic OH excluding ortho intramolecular Hbond substituents is 1. The van der Waals surface area contributed by atoms with Gasteiger partial charge < -0.3 is 10.4 Å². The molecular weight excluding hydrogens is 436 g/mol. The number of halogens is 2. The summed E-state index contributed by atoms with van der Waals surface area (Å²) >= 11 is 6.53. The molecule has 0 aliphatic carbocycles. The molecule has 0 fully saturated rings. The van der Waals surface area contributed by atoms with Crippen molar-refractivity contribution in [1.82, 2.24) is 0 Å². The number of phenols is 1. The molecule has 1 amide bonds. The number of benzene rings is 2. The van der Waals surface area contributed by atoms with Crippen LogP contribution in [-0.4, -0.2) is 11.0 Å². The Kier molecular flexibility index (Phi) is 6.18. The van der Waals surface area contributed by atoms with Crippen LogP contribution in [0, 0.1) is 11.3 Å². The number of amides is 1. The third-order valence-electron chi connectivity index (χ3n) is 3.34. The zero-order chi connectivity index (χ0) is 17.7. The number of aryl methyl sites for hydroxylation is 1. The number of carbonyl (C=O) groups is 1. The number of nitrogens with zero attached hydrogens (tertiary/aromatic N) is 1. The summed E-state index contributed by atoms with van der Waals surface area (Å²) in [5.74, 6) is -0.566. The predicted octanol–water partition coefficient (Wildman–Crippen LogP) is 5.03. The minimum atomic E-state index is -0.530. The smallest absolute Gasteiger partial charge is 0.266 e. The van der Waals surface area contributed by atoms with E-state index in [-0.39, 0.29) is 11.3 Å². The Morgan fingerprint density at radius 1 is 1.29 bits per heavy atom. The second-order valence-corrected chi connectivity index (χ2v) is 6.77. The van der Waals surface area contributed by atoms with E-state index >= 15 is 0 Å². The van der Waals surface area contributed by atoms with E-state index in [1.807, 2.05) is 25.1 Å². The van der Waals surface area contributed by atoms with E-state index in [0.29, 0.717) is 20.2 Å². The third-order valence-corrected chi connectivity index (χ3v) is 4.40. The van der Waals surface area contributed by atoms with E-state index < -0.39 is 5.91 Å². The van der Waals surface area contributed by atoms with Gasteiger partial charge >= 0.3 is 0 Å². The molecular formula is C18H14Br2N2O2. The fraction of sp³-hybridized carbons (Fsp3) is 0.111. The standard InChI is InChI=1S/C18H14Br2N2O2/c1-2-11-3-5-15(6-4-11)22-18(24)13(10-21)7-12-8-14(19)9-16(20)17(12)23/h3-9,23H,2H2,1H3,(H,22,24)/b13-7-. The number of aromatic hydroxyl groups is 1. The molecule has 2 aromatic rings. The van der Waals surface area contributed by atoms with Crippen LogP contribution >= 0.6 is 31.9 Å². The summed E-state index contributed by atoms with van der Waals surface area (Å²) in [6.07, 6.45) is 2.26. The molecule has 0 aliphatic heterocycles. The second kappa shape index (κ2) is 8.13. The van der Waals surface area contributed by atoms with Gasteiger partial charge in [-0.3, -0.25) is 4.79 Å². The van der Waals surface area contributed by atoms with Crippen molar-refractivity contribution < 1.29 is 9.90 Å². The second-order valence-electron chi connectivity index (χ2n) is 5.00. The predicted molar refractivity (Wildman–Crippen MR) is 102 cm³/mol.